The Morgan fingerprint density at radius 3 is 2.74 bits per heavy atom. The maximum atomic E-state index is 6.67. The van der Waals surface area contributed by atoms with Crippen LogP contribution in [-0.4, -0.2) is 28.7 Å². The molecule has 5 rings (SSSR count). The Labute approximate surface area is 168 Å². The number of hydrogen-bond acceptors (Lipinski definition) is 4. The summed E-state index contributed by atoms with van der Waals surface area (Å²) in [6, 6.07) is 17.0. The van der Waals surface area contributed by atoms with Gasteiger partial charge in [0.05, 0.1) is 24.0 Å². The Bertz CT molecular complexity index is 912. The molecule has 3 aliphatic heterocycles. The Hall–Kier alpha value is -1.85. The maximum Gasteiger partial charge on any atom is 0.203 e. The monoisotopic (exact) mass is 426 g/mol. The molecule has 27 heavy (non-hydrogen) atoms. The van der Waals surface area contributed by atoms with Crippen LogP contribution in [0.1, 0.15) is 50.3 Å². The maximum absolute atomic E-state index is 6.67. The molecule has 140 valence electrons. The molecule has 2 atom stereocenters. The van der Waals surface area contributed by atoms with Crippen LogP contribution in [0.25, 0.3) is 0 Å². The van der Waals surface area contributed by atoms with Crippen LogP contribution in [0, 0.1) is 0 Å². The first-order valence-corrected chi connectivity index (χ1v) is 10.3. The fourth-order valence-electron chi connectivity index (χ4n) is 4.63. The Morgan fingerprint density at radius 1 is 1.15 bits per heavy atom. The zero-order valence-corrected chi connectivity index (χ0v) is 17.2. The van der Waals surface area contributed by atoms with Gasteiger partial charge in [0, 0.05) is 29.3 Å². The number of hydrogen-bond donors (Lipinski definition) is 0. The predicted octanol–water partition coefficient (Wildman–Crippen LogP) is 5.28. The van der Waals surface area contributed by atoms with E-state index in [9.17, 15) is 0 Å². The summed E-state index contributed by atoms with van der Waals surface area (Å²) >= 11 is 3.62. The minimum absolute atomic E-state index is 0.190. The van der Waals surface area contributed by atoms with Crippen LogP contribution in [0.15, 0.2) is 58.1 Å². The highest BCUT2D eigenvalue weighted by atomic mass is 79.9. The minimum atomic E-state index is -0.455. The second-order valence-corrected chi connectivity index (χ2v) is 9.16. The highest BCUT2D eigenvalue weighted by Crippen LogP contribution is 2.52. The first-order valence-electron chi connectivity index (χ1n) is 9.51. The van der Waals surface area contributed by atoms with Crippen LogP contribution >= 0.6 is 15.9 Å². The van der Waals surface area contributed by atoms with Crippen molar-refractivity contribution in [2.45, 2.75) is 50.5 Å². The van der Waals surface area contributed by atoms with Crippen molar-refractivity contribution in [3.8, 4) is 5.75 Å². The molecule has 0 bridgehead atoms. The smallest absolute Gasteiger partial charge is 0.203 e. The van der Waals surface area contributed by atoms with Gasteiger partial charge in [-0.15, -0.1) is 0 Å². The molecule has 0 aliphatic carbocycles. The molecule has 4 nitrogen and oxygen atoms in total. The fraction of sp³-hybridized carbons (Fsp3) is 0.409. The molecule has 1 fully saturated rings. The molecule has 0 N–H and O–H groups in total. The van der Waals surface area contributed by atoms with Crippen molar-refractivity contribution >= 4 is 21.6 Å². The molecular weight excluding hydrogens is 404 g/mol. The van der Waals surface area contributed by atoms with Crippen LogP contribution in [0.2, 0.25) is 0 Å². The molecular formula is C22H23BrN2O2. The summed E-state index contributed by atoms with van der Waals surface area (Å²) in [4.78, 5) is 0. The van der Waals surface area contributed by atoms with E-state index in [4.69, 9.17) is 14.6 Å². The van der Waals surface area contributed by atoms with Crippen molar-refractivity contribution in [1.29, 1.82) is 0 Å². The number of rotatable bonds is 1. The van der Waals surface area contributed by atoms with E-state index >= 15 is 0 Å². The topological polar surface area (TPSA) is 34.1 Å². The lowest BCUT2D eigenvalue weighted by Crippen LogP contribution is -2.60. The summed E-state index contributed by atoms with van der Waals surface area (Å²) in [6.07, 6.45) is 2.49. The van der Waals surface area contributed by atoms with E-state index in [1.807, 2.05) is 6.07 Å². The molecule has 2 aromatic carbocycles. The van der Waals surface area contributed by atoms with Gasteiger partial charge < -0.3 is 9.47 Å². The van der Waals surface area contributed by atoms with Crippen LogP contribution in [-0.2, 0) is 4.74 Å². The van der Waals surface area contributed by atoms with Crippen molar-refractivity contribution in [3.63, 3.8) is 0 Å². The molecule has 3 aliphatic rings. The second kappa shape index (κ2) is 6.08. The van der Waals surface area contributed by atoms with Gasteiger partial charge in [-0.05, 0) is 37.6 Å². The lowest BCUT2D eigenvalue weighted by molar-refractivity contribution is -0.212. The predicted molar refractivity (Wildman–Crippen MR) is 109 cm³/mol. The molecule has 0 amide bonds. The number of nitrogens with zero attached hydrogens (tertiary/aromatic N) is 2. The first-order chi connectivity index (χ1) is 13.0. The zero-order chi connectivity index (χ0) is 18.6. The molecule has 1 spiro atoms. The van der Waals surface area contributed by atoms with Crippen molar-refractivity contribution in [3.05, 3.63) is 64.1 Å². The number of fused-ring (bicyclic) bond motifs is 4. The van der Waals surface area contributed by atoms with Gasteiger partial charge in [0.2, 0.25) is 5.72 Å². The fourth-order valence-corrected chi connectivity index (χ4v) is 5.01. The quantitative estimate of drug-likeness (QED) is 0.621. The van der Waals surface area contributed by atoms with Crippen molar-refractivity contribution < 1.29 is 9.47 Å². The Morgan fingerprint density at radius 2 is 1.96 bits per heavy atom. The summed E-state index contributed by atoms with van der Waals surface area (Å²) in [5, 5.41) is 7.34. The lowest BCUT2D eigenvalue weighted by Gasteiger charge is -2.52. The van der Waals surface area contributed by atoms with E-state index < -0.39 is 5.72 Å². The van der Waals surface area contributed by atoms with Crippen LogP contribution < -0.4 is 4.74 Å². The third kappa shape index (κ3) is 2.88. The summed E-state index contributed by atoms with van der Waals surface area (Å²) < 4.78 is 13.7. The number of halogens is 1. The number of hydrazone groups is 1. The summed E-state index contributed by atoms with van der Waals surface area (Å²) in [6.45, 7) is 4.96. The average molecular weight is 427 g/mol. The molecule has 3 heterocycles. The van der Waals surface area contributed by atoms with Gasteiger partial charge in [-0.3, -0.25) is 0 Å². The highest BCUT2D eigenvalue weighted by molar-refractivity contribution is 9.10. The van der Waals surface area contributed by atoms with Crippen molar-refractivity contribution in [2.75, 3.05) is 6.61 Å². The van der Waals surface area contributed by atoms with E-state index in [-0.39, 0.29) is 11.6 Å². The molecule has 2 aromatic rings. The second-order valence-electron chi connectivity index (χ2n) is 8.24. The van der Waals surface area contributed by atoms with Gasteiger partial charge in [-0.25, -0.2) is 5.01 Å². The summed E-state index contributed by atoms with van der Waals surface area (Å²) in [5.74, 6) is 0.974. The molecule has 0 saturated carbocycles. The van der Waals surface area contributed by atoms with Gasteiger partial charge in [0.25, 0.3) is 0 Å². The van der Waals surface area contributed by atoms with E-state index in [2.05, 4.69) is 77.3 Å². The van der Waals surface area contributed by atoms with E-state index in [0.29, 0.717) is 6.61 Å². The van der Waals surface area contributed by atoms with Gasteiger partial charge in [-0.1, -0.05) is 46.3 Å². The first kappa shape index (κ1) is 17.3. The lowest BCUT2D eigenvalue weighted by atomic mass is 9.86. The third-order valence-electron chi connectivity index (χ3n) is 5.75. The largest absolute Gasteiger partial charge is 0.466 e. The van der Waals surface area contributed by atoms with Gasteiger partial charge >= 0.3 is 0 Å². The molecule has 0 aromatic heterocycles. The molecule has 5 heteroatoms. The average Bonchev–Trinajstić information content (AvgIpc) is 3.09. The normalized spacial score (nSPS) is 28.3. The van der Waals surface area contributed by atoms with Crippen LogP contribution in [0.5, 0.6) is 5.75 Å². The third-order valence-corrected chi connectivity index (χ3v) is 6.25. The van der Waals surface area contributed by atoms with Crippen molar-refractivity contribution in [2.24, 2.45) is 5.10 Å². The molecule has 0 radical (unpaired) electrons. The molecule has 1 saturated heterocycles. The van der Waals surface area contributed by atoms with Gasteiger partial charge in [0.15, 0.2) is 0 Å². The van der Waals surface area contributed by atoms with Crippen LogP contribution in [0.4, 0.5) is 0 Å². The summed E-state index contributed by atoms with van der Waals surface area (Å²) in [7, 11) is 0. The minimum Gasteiger partial charge on any atom is -0.466 e. The SMILES string of the molecule is CC1(C)C[C@@]2(CCO1)Oc1ccc(Br)cc1[C@@H]1CC(c3ccccc3)=NN12. The van der Waals surface area contributed by atoms with E-state index in [0.717, 1.165) is 35.2 Å². The number of benzene rings is 2. The standard InChI is InChI=1S/C22H23BrN2O2/c1-21(2)14-22(10-11-26-21)25-19(17-12-16(23)8-9-20(17)27-22)13-18(24-25)15-6-4-3-5-7-15/h3-9,12,19H,10-11,13-14H2,1-2H3/t19-,22+/m0/s1. The zero-order valence-electron chi connectivity index (χ0n) is 15.6. The van der Waals surface area contributed by atoms with Crippen molar-refractivity contribution in [1.82, 2.24) is 5.01 Å². The summed E-state index contributed by atoms with van der Waals surface area (Å²) in [5.41, 5.74) is 2.82. The molecule has 0 unspecified atom stereocenters. The van der Waals surface area contributed by atoms with Gasteiger partial charge in [0.1, 0.15) is 5.75 Å². The number of ether oxygens (including phenoxy) is 2. The van der Waals surface area contributed by atoms with E-state index in [1.165, 1.54) is 11.1 Å². The Kier molecular flexibility index (Phi) is 3.89. The highest BCUT2D eigenvalue weighted by Gasteiger charge is 2.54. The van der Waals surface area contributed by atoms with Gasteiger partial charge in [-0.2, -0.15) is 5.10 Å². The van der Waals surface area contributed by atoms with Crippen LogP contribution in [0.3, 0.4) is 0 Å². The Balaban J connectivity index is 1.63. The van der Waals surface area contributed by atoms with E-state index in [1.54, 1.807) is 0 Å².